The number of para-hydroxylation sites is 1. The molecule has 0 aromatic heterocycles. The Labute approximate surface area is 177 Å². The van der Waals surface area contributed by atoms with Gasteiger partial charge in [0.2, 0.25) is 0 Å². The Morgan fingerprint density at radius 2 is 1.71 bits per heavy atom. The van der Waals surface area contributed by atoms with E-state index in [9.17, 15) is 9.18 Å². The molecule has 0 fully saturated rings. The SMILES string of the molecule is O=C(NO)c1cc(F)c(Nc2ccccc2)c(F)c1Nc1ccc(I)cc1Cl. The Bertz CT molecular complexity index is 1040. The third-order valence-electron chi connectivity index (χ3n) is 3.80. The Kier molecular flexibility index (Phi) is 6.32. The molecule has 0 aliphatic rings. The van der Waals surface area contributed by atoms with Gasteiger partial charge in [0.25, 0.3) is 5.91 Å². The summed E-state index contributed by atoms with van der Waals surface area (Å²) in [5.41, 5.74) is 0.937. The fourth-order valence-electron chi connectivity index (χ4n) is 2.49. The van der Waals surface area contributed by atoms with E-state index in [1.165, 1.54) is 5.48 Å². The van der Waals surface area contributed by atoms with Crippen molar-refractivity contribution in [1.29, 1.82) is 0 Å². The molecule has 5 nitrogen and oxygen atoms in total. The molecule has 0 radical (unpaired) electrons. The molecular weight excluding hydrogens is 503 g/mol. The van der Waals surface area contributed by atoms with E-state index in [0.29, 0.717) is 11.4 Å². The first-order valence-corrected chi connectivity index (χ1v) is 9.37. The summed E-state index contributed by atoms with van der Waals surface area (Å²) in [5.74, 6) is -3.12. The summed E-state index contributed by atoms with van der Waals surface area (Å²) in [6.07, 6.45) is 0. The lowest BCUT2D eigenvalue weighted by molar-refractivity contribution is 0.0706. The highest BCUT2D eigenvalue weighted by Gasteiger charge is 2.23. The molecule has 144 valence electrons. The zero-order valence-electron chi connectivity index (χ0n) is 14.1. The van der Waals surface area contributed by atoms with Crippen LogP contribution in [0.3, 0.4) is 0 Å². The monoisotopic (exact) mass is 515 g/mol. The number of carbonyl (C=O) groups is 1. The first-order valence-electron chi connectivity index (χ1n) is 7.91. The maximum Gasteiger partial charge on any atom is 0.276 e. The van der Waals surface area contributed by atoms with Crippen molar-refractivity contribution < 1.29 is 18.8 Å². The van der Waals surface area contributed by atoms with Gasteiger partial charge in [-0.15, -0.1) is 0 Å². The van der Waals surface area contributed by atoms with E-state index in [2.05, 4.69) is 33.2 Å². The number of halogens is 4. The van der Waals surface area contributed by atoms with Crippen LogP contribution in [0.4, 0.5) is 31.5 Å². The van der Waals surface area contributed by atoms with Crippen LogP contribution in [0.5, 0.6) is 0 Å². The van der Waals surface area contributed by atoms with Crippen LogP contribution in [0.25, 0.3) is 0 Å². The fraction of sp³-hybridized carbons (Fsp3) is 0. The summed E-state index contributed by atoms with van der Waals surface area (Å²) < 4.78 is 30.6. The second-order valence-corrected chi connectivity index (χ2v) is 7.30. The van der Waals surface area contributed by atoms with Gasteiger partial charge in [0.05, 0.1) is 22.0 Å². The molecule has 0 heterocycles. The van der Waals surface area contributed by atoms with Gasteiger partial charge in [-0.2, -0.15) is 0 Å². The average Bonchev–Trinajstić information content (AvgIpc) is 2.69. The van der Waals surface area contributed by atoms with Gasteiger partial charge < -0.3 is 10.6 Å². The predicted molar refractivity (Wildman–Crippen MR) is 113 cm³/mol. The summed E-state index contributed by atoms with van der Waals surface area (Å²) in [7, 11) is 0. The molecule has 0 unspecified atom stereocenters. The standard InChI is InChI=1S/C19H13ClF2IN3O2/c20-13-8-10(23)6-7-15(13)25-17-12(19(27)26-28)9-14(21)18(16(17)22)24-11-4-2-1-3-5-11/h1-9,24-25,28H,(H,26,27). The van der Waals surface area contributed by atoms with E-state index in [0.717, 1.165) is 9.64 Å². The van der Waals surface area contributed by atoms with Crippen LogP contribution in [0.15, 0.2) is 54.6 Å². The number of carbonyl (C=O) groups excluding carboxylic acids is 1. The molecule has 1 amide bonds. The summed E-state index contributed by atoms with van der Waals surface area (Å²) in [5, 5.41) is 14.6. The molecule has 0 spiro atoms. The summed E-state index contributed by atoms with van der Waals surface area (Å²) >= 11 is 8.23. The lowest BCUT2D eigenvalue weighted by atomic mass is 10.1. The molecule has 28 heavy (non-hydrogen) atoms. The number of hydrogen-bond donors (Lipinski definition) is 4. The van der Waals surface area contributed by atoms with Crippen LogP contribution in [-0.2, 0) is 0 Å². The number of hydroxylamine groups is 1. The zero-order chi connectivity index (χ0) is 20.3. The van der Waals surface area contributed by atoms with Crippen LogP contribution in [-0.4, -0.2) is 11.1 Å². The molecule has 0 bridgehead atoms. The maximum absolute atomic E-state index is 15.2. The van der Waals surface area contributed by atoms with Crippen molar-refractivity contribution in [2.45, 2.75) is 0 Å². The molecule has 3 aromatic carbocycles. The van der Waals surface area contributed by atoms with Gasteiger partial charge >= 0.3 is 0 Å². The van der Waals surface area contributed by atoms with E-state index in [-0.39, 0.29) is 10.7 Å². The summed E-state index contributed by atoms with van der Waals surface area (Å²) in [6.45, 7) is 0. The predicted octanol–water partition coefficient (Wildman–Crippen LogP) is 5.83. The lowest BCUT2D eigenvalue weighted by Gasteiger charge is -2.17. The summed E-state index contributed by atoms with van der Waals surface area (Å²) in [6, 6.07) is 14.2. The molecule has 0 aliphatic heterocycles. The number of anilines is 4. The average molecular weight is 516 g/mol. The first kappa shape index (κ1) is 20.3. The quantitative estimate of drug-likeness (QED) is 0.196. The molecular formula is C19H13ClF2IN3O2. The van der Waals surface area contributed by atoms with Crippen LogP contribution in [0, 0.1) is 15.2 Å². The van der Waals surface area contributed by atoms with Gasteiger partial charge in [0.15, 0.2) is 11.6 Å². The molecule has 0 saturated heterocycles. The van der Waals surface area contributed by atoms with Crippen LogP contribution in [0.1, 0.15) is 10.4 Å². The third-order valence-corrected chi connectivity index (χ3v) is 4.78. The van der Waals surface area contributed by atoms with Crippen molar-refractivity contribution in [1.82, 2.24) is 5.48 Å². The van der Waals surface area contributed by atoms with Crippen molar-refractivity contribution in [2.75, 3.05) is 10.6 Å². The Morgan fingerprint density at radius 1 is 1.00 bits per heavy atom. The van der Waals surface area contributed by atoms with Crippen molar-refractivity contribution >= 4 is 62.8 Å². The van der Waals surface area contributed by atoms with Gasteiger partial charge in [-0.3, -0.25) is 10.0 Å². The Balaban J connectivity index is 2.11. The minimum Gasteiger partial charge on any atom is -0.351 e. The van der Waals surface area contributed by atoms with Crippen molar-refractivity contribution in [2.24, 2.45) is 0 Å². The van der Waals surface area contributed by atoms with E-state index >= 15 is 4.39 Å². The molecule has 9 heteroatoms. The zero-order valence-corrected chi connectivity index (χ0v) is 17.0. The van der Waals surface area contributed by atoms with Crippen molar-refractivity contribution in [3.05, 3.63) is 80.4 Å². The molecule has 4 N–H and O–H groups in total. The summed E-state index contributed by atoms with van der Waals surface area (Å²) in [4.78, 5) is 11.9. The van der Waals surface area contributed by atoms with E-state index in [1.54, 1.807) is 48.5 Å². The smallest absolute Gasteiger partial charge is 0.276 e. The van der Waals surface area contributed by atoms with Crippen LogP contribution < -0.4 is 16.1 Å². The third kappa shape index (κ3) is 4.34. The minimum absolute atomic E-state index is 0.281. The van der Waals surface area contributed by atoms with Gasteiger partial charge in [-0.1, -0.05) is 29.8 Å². The highest BCUT2D eigenvalue weighted by Crippen LogP contribution is 2.36. The van der Waals surface area contributed by atoms with E-state index < -0.39 is 28.8 Å². The minimum atomic E-state index is -1.08. The molecule has 0 aliphatic carbocycles. The maximum atomic E-state index is 15.2. The van der Waals surface area contributed by atoms with Crippen LogP contribution in [0.2, 0.25) is 5.02 Å². The van der Waals surface area contributed by atoms with Crippen molar-refractivity contribution in [3.8, 4) is 0 Å². The second-order valence-electron chi connectivity index (χ2n) is 5.65. The number of rotatable bonds is 5. The van der Waals surface area contributed by atoms with E-state index in [4.69, 9.17) is 16.8 Å². The van der Waals surface area contributed by atoms with Gasteiger partial charge in [-0.25, -0.2) is 14.3 Å². The number of benzene rings is 3. The first-order chi connectivity index (χ1) is 13.4. The lowest BCUT2D eigenvalue weighted by Crippen LogP contribution is -2.21. The molecule has 3 aromatic rings. The fourth-order valence-corrected chi connectivity index (χ4v) is 3.39. The normalized spacial score (nSPS) is 10.5. The molecule has 0 atom stereocenters. The second kappa shape index (κ2) is 8.72. The molecule has 3 rings (SSSR count). The highest BCUT2D eigenvalue weighted by atomic mass is 127. The Hall–Kier alpha value is -2.43. The number of amides is 1. The number of nitrogens with one attached hydrogen (secondary N) is 3. The highest BCUT2D eigenvalue weighted by molar-refractivity contribution is 14.1. The van der Waals surface area contributed by atoms with Crippen molar-refractivity contribution in [3.63, 3.8) is 0 Å². The number of hydrogen-bond acceptors (Lipinski definition) is 4. The van der Waals surface area contributed by atoms with Gasteiger partial charge in [0.1, 0.15) is 5.69 Å². The molecule has 0 saturated carbocycles. The van der Waals surface area contributed by atoms with E-state index in [1.807, 2.05) is 0 Å². The largest absolute Gasteiger partial charge is 0.351 e. The van der Waals surface area contributed by atoms with Crippen LogP contribution >= 0.6 is 34.2 Å². The van der Waals surface area contributed by atoms with Gasteiger partial charge in [0, 0.05) is 9.26 Å². The topological polar surface area (TPSA) is 73.4 Å². The van der Waals surface area contributed by atoms with Gasteiger partial charge in [-0.05, 0) is 59.0 Å². The Morgan fingerprint density at radius 3 is 2.36 bits per heavy atom.